The van der Waals surface area contributed by atoms with E-state index in [1.165, 1.54) is 0 Å². The Kier molecular flexibility index (Phi) is 4.11. The van der Waals surface area contributed by atoms with Gasteiger partial charge in [0.25, 0.3) is 0 Å². The Morgan fingerprint density at radius 3 is 3.17 bits per heavy atom. The molecule has 0 bridgehead atoms. The molecular weight excluding hydrogens is 232 g/mol. The quantitative estimate of drug-likeness (QED) is 0.307. The number of amidine groups is 1. The molecule has 1 saturated heterocycles. The van der Waals surface area contributed by atoms with Crippen molar-refractivity contribution in [3.05, 3.63) is 29.6 Å². The van der Waals surface area contributed by atoms with Crippen molar-refractivity contribution in [1.82, 2.24) is 9.88 Å². The minimum absolute atomic E-state index is 0.0168. The zero-order chi connectivity index (χ0) is 13.0. The van der Waals surface area contributed by atoms with Crippen LogP contribution in [0.15, 0.2) is 23.5 Å². The molecule has 6 heteroatoms. The van der Waals surface area contributed by atoms with E-state index in [9.17, 15) is 5.11 Å². The van der Waals surface area contributed by atoms with Gasteiger partial charge in [0.2, 0.25) is 0 Å². The molecule has 1 aliphatic rings. The van der Waals surface area contributed by atoms with Crippen molar-refractivity contribution < 1.29 is 10.3 Å². The fourth-order valence-electron chi connectivity index (χ4n) is 2.26. The SMILES string of the molecule is N/C(=N/O)c1ncccc1CN1CCCC(O)C1. The number of oxime groups is 1. The van der Waals surface area contributed by atoms with Gasteiger partial charge in [0.05, 0.1) is 6.10 Å². The van der Waals surface area contributed by atoms with Crippen molar-refractivity contribution in [2.45, 2.75) is 25.5 Å². The molecule has 98 valence electrons. The normalized spacial score (nSPS) is 22.1. The minimum Gasteiger partial charge on any atom is -0.409 e. The van der Waals surface area contributed by atoms with Crippen LogP contribution in [-0.4, -0.2) is 45.2 Å². The molecule has 1 atom stereocenters. The summed E-state index contributed by atoms with van der Waals surface area (Å²) >= 11 is 0. The zero-order valence-corrected chi connectivity index (χ0v) is 10.2. The van der Waals surface area contributed by atoms with E-state index < -0.39 is 0 Å². The highest BCUT2D eigenvalue weighted by Crippen LogP contribution is 2.15. The number of pyridine rings is 1. The Bertz CT molecular complexity index is 436. The second-order valence-electron chi connectivity index (χ2n) is 4.53. The maximum absolute atomic E-state index is 9.64. The molecule has 0 aromatic carbocycles. The number of nitrogens with two attached hydrogens (primary N) is 1. The third kappa shape index (κ3) is 2.96. The van der Waals surface area contributed by atoms with Crippen molar-refractivity contribution in [1.29, 1.82) is 0 Å². The van der Waals surface area contributed by atoms with E-state index in [0.29, 0.717) is 18.8 Å². The monoisotopic (exact) mass is 250 g/mol. The summed E-state index contributed by atoms with van der Waals surface area (Å²) in [7, 11) is 0. The van der Waals surface area contributed by atoms with Gasteiger partial charge in [-0.05, 0) is 31.0 Å². The predicted molar refractivity (Wildman–Crippen MR) is 67.3 cm³/mol. The molecule has 0 amide bonds. The molecule has 2 rings (SSSR count). The Balaban J connectivity index is 2.13. The zero-order valence-electron chi connectivity index (χ0n) is 10.2. The molecule has 0 radical (unpaired) electrons. The highest BCUT2D eigenvalue weighted by Gasteiger charge is 2.19. The Morgan fingerprint density at radius 1 is 1.61 bits per heavy atom. The molecule has 6 nitrogen and oxygen atoms in total. The van der Waals surface area contributed by atoms with Gasteiger partial charge in [-0.2, -0.15) is 0 Å². The van der Waals surface area contributed by atoms with Gasteiger partial charge in [-0.3, -0.25) is 9.88 Å². The average Bonchev–Trinajstić information content (AvgIpc) is 2.38. The maximum Gasteiger partial charge on any atom is 0.189 e. The van der Waals surface area contributed by atoms with Gasteiger partial charge in [-0.15, -0.1) is 0 Å². The van der Waals surface area contributed by atoms with E-state index in [2.05, 4.69) is 15.0 Å². The molecule has 1 aromatic heterocycles. The Morgan fingerprint density at radius 2 is 2.44 bits per heavy atom. The molecule has 1 aromatic rings. The van der Waals surface area contributed by atoms with Crippen LogP contribution in [0, 0.1) is 0 Å². The summed E-state index contributed by atoms with van der Waals surface area (Å²) in [4.78, 5) is 6.28. The lowest BCUT2D eigenvalue weighted by molar-refractivity contribution is 0.0667. The highest BCUT2D eigenvalue weighted by molar-refractivity contribution is 5.96. The molecule has 1 unspecified atom stereocenters. The fourth-order valence-corrected chi connectivity index (χ4v) is 2.26. The van der Waals surface area contributed by atoms with Crippen molar-refractivity contribution in [2.24, 2.45) is 10.9 Å². The van der Waals surface area contributed by atoms with E-state index >= 15 is 0 Å². The summed E-state index contributed by atoms with van der Waals surface area (Å²) < 4.78 is 0. The maximum atomic E-state index is 9.64. The van der Waals surface area contributed by atoms with E-state index in [1.807, 2.05) is 12.1 Å². The number of nitrogens with zero attached hydrogens (tertiary/aromatic N) is 3. The van der Waals surface area contributed by atoms with Crippen LogP contribution >= 0.6 is 0 Å². The van der Waals surface area contributed by atoms with Gasteiger partial charge in [-0.1, -0.05) is 11.2 Å². The third-order valence-electron chi connectivity index (χ3n) is 3.12. The van der Waals surface area contributed by atoms with Crippen LogP contribution in [0.1, 0.15) is 24.1 Å². The summed E-state index contributed by atoms with van der Waals surface area (Å²) in [5.74, 6) is 0.0168. The summed E-state index contributed by atoms with van der Waals surface area (Å²) in [6.45, 7) is 2.25. The molecule has 0 saturated carbocycles. The average molecular weight is 250 g/mol. The van der Waals surface area contributed by atoms with Crippen molar-refractivity contribution in [3.63, 3.8) is 0 Å². The first-order chi connectivity index (χ1) is 8.70. The highest BCUT2D eigenvalue weighted by atomic mass is 16.4. The van der Waals surface area contributed by atoms with Crippen LogP contribution in [0.3, 0.4) is 0 Å². The van der Waals surface area contributed by atoms with Crippen LogP contribution in [0.25, 0.3) is 0 Å². The summed E-state index contributed by atoms with van der Waals surface area (Å²) in [6, 6.07) is 3.73. The summed E-state index contributed by atoms with van der Waals surface area (Å²) in [6.07, 6.45) is 3.20. The van der Waals surface area contributed by atoms with Crippen molar-refractivity contribution in [2.75, 3.05) is 13.1 Å². The minimum atomic E-state index is -0.261. The first-order valence-corrected chi connectivity index (χ1v) is 6.03. The lowest BCUT2D eigenvalue weighted by Crippen LogP contribution is -2.38. The number of rotatable bonds is 3. The molecule has 18 heavy (non-hydrogen) atoms. The number of likely N-dealkylation sites (tertiary alicyclic amines) is 1. The first-order valence-electron chi connectivity index (χ1n) is 6.03. The predicted octanol–water partition coefficient (Wildman–Crippen LogP) is 0.133. The lowest BCUT2D eigenvalue weighted by Gasteiger charge is -2.30. The van der Waals surface area contributed by atoms with Crippen molar-refractivity contribution in [3.8, 4) is 0 Å². The van der Waals surface area contributed by atoms with Gasteiger partial charge >= 0.3 is 0 Å². The Labute approximate surface area is 106 Å². The topological polar surface area (TPSA) is 95.0 Å². The number of aromatic nitrogens is 1. The van der Waals surface area contributed by atoms with Crippen LogP contribution < -0.4 is 5.73 Å². The number of β-amino-alcohol motifs (C(OH)–C–C–N with tert-alkyl or cyclic N) is 1. The number of hydrogen-bond acceptors (Lipinski definition) is 5. The molecular formula is C12H18N4O2. The Hall–Kier alpha value is -1.66. The number of aliphatic hydroxyl groups excluding tert-OH is 1. The standard InChI is InChI=1S/C12H18N4O2/c13-12(15-18)11-9(3-1-5-14-11)7-16-6-2-4-10(17)8-16/h1,3,5,10,17-18H,2,4,6-8H2,(H2,13,15). The largest absolute Gasteiger partial charge is 0.409 e. The van der Waals surface area contributed by atoms with Gasteiger partial charge in [-0.25, -0.2) is 0 Å². The molecule has 0 spiro atoms. The lowest BCUT2D eigenvalue weighted by atomic mass is 10.1. The van der Waals surface area contributed by atoms with Gasteiger partial charge in [0.1, 0.15) is 5.69 Å². The second kappa shape index (κ2) is 5.79. The van der Waals surface area contributed by atoms with Crippen LogP contribution in [0.4, 0.5) is 0 Å². The van der Waals surface area contributed by atoms with Gasteiger partial charge < -0.3 is 16.0 Å². The van der Waals surface area contributed by atoms with Crippen molar-refractivity contribution >= 4 is 5.84 Å². The molecule has 1 fully saturated rings. The van der Waals surface area contributed by atoms with E-state index in [1.54, 1.807) is 6.20 Å². The number of piperidine rings is 1. The van der Waals surface area contributed by atoms with Crippen LogP contribution in [0.2, 0.25) is 0 Å². The summed E-state index contributed by atoms with van der Waals surface area (Å²) in [5.41, 5.74) is 7.00. The van der Waals surface area contributed by atoms with Crippen LogP contribution in [-0.2, 0) is 6.54 Å². The molecule has 1 aliphatic heterocycles. The van der Waals surface area contributed by atoms with E-state index in [-0.39, 0.29) is 11.9 Å². The fraction of sp³-hybridized carbons (Fsp3) is 0.500. The third-order valence-corrected chi connectivity index (χ3v) is 3.12. The van der Waals surface area contributed by atoms with Crippen LogP contribution in [0.5, 0.6) is 0 Å². The molecule has 4 N–H and O–H groups in total. The van der Waals surface area contributed by atoms with Gasteiger partial charge in [0, 0.05) is 19.3 Å². The van der Waals surface area contributed by atoms with E-state index in [0.717, 1.165) is 24.9 Å². The second-order valence-corrected chi connectivity index (χ2v) is 4.53. The van der Waals surface area contributed by atoms with E-state index in [4.69, 9.17) is 10.9 Å². The van der Waals surface area contributed by atoms with Gasteiger partial charge in [0.15, 0.2) is 5.84 Å². The molecule has 0 aliphatic carbocycles. The summed E-state index contributed by atoms with van der Waals surface area (Å²) in [5, 5.41) is 21.4. The number of aliphatic hydroxyl groups is 1. The molecule has 2 heterocycles. The first kappa shape index (κ1) is 12.8. The smallest absolute Gasteiger partial charge is 0.189 e. The number of hydrogen-bond donors (Lipinski definition) is 3.